The zero-order valence-corrected chi connectivity index (χ0v) is 15.5. The van der Waals surface area contributed by atoms with E-state index in [1.807, 2.05) is 0 Å². The van der Waals surface area contributed by atoms with Crippen molar-refractivity contribution in [1.82, 2.24) is 20.5 Å². The zero-order valence-electron chi connectivity index (χ0n) is 14.7. The topological polar surface area (TPSA) is 83.1 Å². The fraction of sp³-hybridized carbons (Fsp3) is 0.278. The highest BCUT2D eigenvalue weighted by Gasteiger charge is 2.27. The van der Waals surface area contributed by atoms with E-state index in [0.29, 0.717) is 23.7 Å². The van der Waals surface area contributed by atoms with Crippen LogP contribution in [0.3, 0.4) is 0 Å². The van der Waals surface area contributed by atoms with Crippen molar-refractivity contribution in [3.05, 3.63) is 46.9 Å². The average molecular weight is 387 g/mol. The maximum atomic E-state index is 13.6. The summed E-state index contributed by atoms with van der Waals surface area (Å²) < 4.78 is 18.7. The number of rotatable bonds is 4. The van der Waals surface area contributed by atoms with Crippen LogP contribution in [0.15, 0.2) is 30.6 Å². The van der Waals surface area contributed by atoms with E-state index in [1.165, 1.54) is 19.2 Å². The molecule has 1 aliphatic heterocycles. The van der Waals surface area contributed by atoms with Crippen LogP contribution in [0.4, 0.5) is 15.0 Å². The van der Waals surface area contributed by atoms with Crippen molar-refractivity contribution in [3.8, 4) is 16.3 Å². The van der Waals surface area contributed by atoms with Crippen LogP contribution in [0.25, 0.3) is 10.6 Å². The molecule has 0 saturated heterocycles. The summed E-state index contributed by atoms with van der Waals surface area (Å²) in [5.74, 6) is 0.712. The van der Waals surface area contributed by atoms with Gasteiger partial charge in [0.25, 0.3) is 0 Å². The Morgan fingerprint density at radius 2 is 2.33 bits per heavy atom. The molecule has 4 rings (SSSR count). The second-order valence-corrected chi connectivity index (χ2v) is 7.25. The number of thiazole rings is 1. The number of methoxy groups -OCH3 is 1. The normalized spacial score (nSPS) is 13.3. The van der Waals surface area contributed by atoms with Crippen LogP contribution < -0.4 is 15.0 Å². The Kier molecular flexibility index (Phi) is 4.76. The first-order valence-electron chi connectivity index (χ1n) is 8.51. The number of fused-ring (bicyclic) bond motifs is 1. The molecule has 2 aromatic heterocycles. The Bertz CT molecular complexity index is 957. The Morgan fingerprint density at radius 1 is 1.44 bits per heavy atom. The van der Waals surface area contributed by atoms with Crippen molar-refractivity contribution in [1.29, 1.82) is 0 Å². The number of aromatic nitrogens is 3. The molecule has 27 heavy (non-hydrogen) atoms. The predicted molar refractivity (Wildman–Crippen MR) is 101 cm³/mol. The number of ether oxygens (including phenoxy) is 1. The smallest absolute Gasteiger partial charge is 0.323 e. The number of nitrogens with one attached hydrogen (secondary N) is 2. The summed E-state index contributed by atoms with van der Waals surface area (Å²) in [5, 5.41) is 10.4. The SMILES string of the molecule is COc1cc(F)cc(CNC(=O)N2CCCc3sc(-c4cn[nH]c4)nc32)c1. The van der Waals surface area contributed by atoms with Crippen LogP contribution in [-0.4, -0.2) is 34.9 Å². The maximum Gasteiger partial charge on any atom is 0.323 e. The largest absolute Gasteiger partial charge is 0.497 e. The summed E-state index contributed by atoms with van der Waals surface area (Å²) >= 11 is 1.58. The molecule has 0 atom stereocenters. The number of amides is 2. The molecule has 140 valence electrons. The molecule has 0 aliphatic carbocycles. The van der Waals surface area contributed by atoms with Crippen molar-refractivity contribution in [2.24, 2.45) is 0 Å². The number of H-pyrrole nitrogens is 1. The molecule has 1 aliphatic rings. The molecule has 0 spiro atoms. The Balaban J connectivity index is 1.50. The van der Waals surface area contributed by atoms with Gasteiger partial charge in [-0.05, 0) is 30.5 Å². The van der Waals surface area contributed by atoms with Gasteiger partial charge in [0.1, 0.15) is 16.6 Å². The quantitative estimate of drug-likeness (QED) is 0.719. The third-order valence-electron chi connectivity index (χ3n) is 4.32. The van der Waals surface area contributed by atoms with E-state index < -0.39 is 5.82 Å². The molecule has 0 saturated carbocycles. The van der Waals surface area contributed by atoms with Crippen LogP contribution in [0.2, 0.25) is 0 Å². The van der Waals surface area contributed by atoms with Crippen molar-refractivity contribution in [2.45, 2.75) is 19.4 Å². The van der Waals surface area contributed by atoms with Crippen LogP contribution in [-0.2, 0) is 13.0 Å². The van der Waals surface area contributed by atoms with Gasteiger partial charge in [-0.3, -0.25) is 10.00 Å². The first-order chi connectivity index (χ1) is 13.1. The Morgan fingerprint density at radius 3 is 3.11 bits per heavy atom. The van der Waals surface area contributed by atoms with E-state index in [9.17, 15) is 9.18 Å². The van der Waals surface area contributed by atoms with E-state index >= 15 is 0 Å². The molecule has 0 bridgehead atoms. The number of halogens is 1. The molecule has 3 heterocycles. The molecule has 2 N–H and O–H groups in total. The summed E-state index contributed by atoms with van der Waals surface area (Å²) in [5.41, 5.74) is 1.54. The summed E-state index contributed by atoms with van der Waals surface area (Å²) in [6.07, 6.45) is 5.27. The lowest BCUT2D eigenvalue weighted by Gasteiger charge is -2.25. The predicted octanol–water partition coefficient (Wildman–Crippen LogP) is 3.34. The zero-order chi connectivity index (χ0) is 18.8. The number of carbonyl (C=O) groups is 1. The van der Waals surface area contributed by atoms with Gasteiger partial charge >= 0.3 is 6.03 Å². The standard InChI is InChI=1S/C18H18FN5O2S/c1-26-14-6-11(5-13(19)7-14)8-20-18(25)24-4-2-3-15-16(24)23-17(27-15)12-9-21-22-10-12/h5-7,9-10H,2-4,8H2,1H3,(H,20,25)(H,21,22). The minimum atomic E-state index is -0.400. The Labute approximate surface area is 159 Å². The average Bonchev–Trinajstić information content (AvgIpc) is 3.34. The lowest BCUT2D eigenvalue weighted by molar-refractivity contribution is 0.245. The molecule has 0 fully saturated rings. The number of hydrogen-bond donors (Lipinski definition) is 2. The summed E-state index contributed by atoms with van der Waals surface area (Å²) in [6, 6.07) is 4.13. The molecule has 1 aromatic carbocycles. The van der Waals surface area contributed by atoms with Gasteiger partial charge in [0.15, 0.2) is 5.82 Å². The molecular formula is C18H18FN5O2S. The van der Waals surface area contributed by atoms with Crippen LogP contribution in [0.1, 0.15) is 16.9 Å². The number of anilines is 1. The van der Waals surface area contributed by atoms with Gasteiger partial charge < -0.3 is 10.1 Å². The fourth-order valence-corrected chi connectivity index (χ4v) is 4.11. The van der Waals surface area contributed by atoms with Crippen molar-refractivity contribution < 1.29 is 13.9 Å². The number of hydrogen-bond acceptors (Lipinski definition) is 5. The number of urea groups is 1. The summed E-state index contributed by atoms with van der Waals surface area (Å²) in [6.45, 7) is 0.803. The minimum absolute atomic E-state index is 0.206. The van der Waals surface area contributed by atoms with Crippen molar-refractivity contribution in [3.63, 3.8) is 0 Å². The lowest BCUT2D eigenvalue weighted by Crippen LogP contribution is -2.42. The molecule has 2 amide bonds. The lowest BCUT2D eigenvalue weighted by atomic mass is 10.2. The van der Waals surface area contributed by atoms with E-state index in [0.717, 1.165) is 28.3 Å². The van der Waals surface area contributed by atoms with Gasteiger partial charge in [-0.2, -0.15) is 5.10 Å². The van der Waals surface area contributed by atoms with Gasteiger partial charge in [0, 0.05) is 35.8 Å². The van der Waals surface area contributed by atoms with Gasteiger partial charge in [-0.25, -0.2) is 14.2 Å². The number of benzene rings is 1. The van der Waals surface area contributed by atoms with Gasteiger partial charge in [0.2, 0.25) is 0 Å². The number of nitrogens with zero attached hydrogens (tertiary/aromatic N) is 3. The van der Waals surface area contributed by atoms with Gasteiger partial charge in [0.05, 0.1) is 13.3 Å². The van der Waals surface area contributed by atoms with E-state index in [1.54, 1.807) is 34.7 Å². The molecule has 9 heteroatoms. The second kappa shape index (κ2) is 7.36. The third-order valence-corrected chi connectivity index (χ3v) is 5.47. The Hall–Kier alpha value is -2.94. The highest BCUT2D eigenvalue weighted by atomic mass is 32.1. The maximum absolute atomic E-state index is 13.6. The number of carbonyl (C=O) groups excluding carboxylic acids is 1. The highest BCUT2D eigenvalue weighted by molar-refractivity contribution is 7.15. The fourth-order valence-electron chi connectivity index (χ4n) is 3.02. The first-order valence-corrected chi connectivity index (χ1v) is 9.33. The highest BCUT2D eigenvalue weighted by Crippen LogP contribution is 2.36. The minimum Gasteiger partial charge on any atom is -0.497 e. The molecule has 0 unspecified atom stereocenters. The third kappa shape index (κ3) is 3.63. The molecule has 0 radical (unpaired) electrons. The van der Waals surface area contributed by atoms with Crippen molar-refractivity contribution >= 4 is 23.2 Å². The van der Waals surface area contributed by atoms with E-state index in [4.69, 9.17) is 4.74 Å². The van der Waals surface area contributed by atoms with Crippen LogP contribution in [0, 0.1) is 5.82 Å². The van der Waals surface area contributed by atoms with Crippen LogP contribution >= 0.6 is 11.3 Å². The van der Waals surface area contributed by atoms with Crippen molar-refractivity contribution in [2.75, 3.05) is 18.6 Å². The van der Waals surface area contributed by atoms with E-state index in [2.05, 4.69) is 20.5 Å². The molecule has 3 aromatic rings. The number of aromatic amines is 1. The van der Waals surface area contributed by atoms with Gasteiger partial charge in [-0.1, -0.05) is 0 Å². The monoisotopic (exact) mass is 387 g/mol. The number of aryl methyl sites for hydroxylation is 1. The molecule has 7 nitrogen and oxygen atoms in total. The summed E-state index contributed by atoms with van der Waals surface area (Å²) in [4.78, 5) is 20.1. The molecular weight excluding hydrogens is 369 g/mol. The van der Waals surface area contributed by atoms with Gasteiger partial charge in [-0.15, -0.1) is 11.3 Å². The van der Waals surface area contributed by atoms with E-state index in [-0.39, 0.29) is 12.6 Å². The second-order valence-electron chi connectivity index (χ2n) is 6.17. The summed E-state index contributed by atoms with van der Waals surface area (Å²) in [7, 11) is 1.48. The first kappa shape index (κ1) is 17.5. The van der Waals surface area contributed by atoms with Crippen LogP contribution in [0.5, 0.6) is 5.75 Å².